The summed E-state index contributed by atoms with van der Waals surface area (Å²) in [4.78, 5) is 0. The van der Waals surface area contributed by atoms with Crippen LogP contribution < -0.4 is 5.32 Å². The number of aliphatic hydroxyl groups excluding tert-OH is 1. The Morgan fingerprint density at radius 1 is 1.33 bits per heavy atom. The van der Waals surface area contributed by atoms with Crippen molar-refractivity contribution in [2.45, 2.75) is 26.0 Å². The highest BCUT2D eigenvalue weighted by Gasteiger charge is 2.05. The number of aliphatic hydroxyl groups is 1. The molecule has 3 heteroatoms. The Bertz CT molecular complexity index is 338. The molecule has 0 aliphatic heterocycles. The Hall–Kier alpha value is -1.37. The zero-order chi connectivity index (χ0) is 11.3. The summed E-state index contributed by atoms with van der Waals surface area (Å²) in [6.07, 6.45) is -0.342. The van der Waals surface area contributed by atoms with Gasteiger partial charge in [-0.25, -0.2) is 0 Å². The van der Waals surface area contributed by atoms with Crippen LogP contribution in [0.4, 0.5) is 0 Å². The predicted molar refractivity (Wildman–Crippen MR) is 59.3 cm³/mol. The zero-order valence-electron chi connectivity index (χ0n) is 9.07. The second-order valence-corrected chi connectivity index (χ2v) is 3.71. The van der Waals surface area contributed by atoms with E-state index in [9.17, 15) is 0 Å². The highest BCUT2D eigenvalue weighted by atomic mass is 16.3. The molecule has 3 nitrogen and oxygen atoms in total. The van der Waals surface area contributed by atoms with Crippen molar-refractivity contribution in [3.05, 3.63) is 35.4 Å². The SMILES string of the molecule is C[C@H](O)CN[C@H](C)c1ccc(C#N)cc1. The Morgan fingerprint density at radius 3 is 2.40 bits per heavy atom. The first kappa shape index (κ1) is 11.7. The first-order valence-electron chi connectivity index (χ1n) is 5.05. The summed E-state index contributed by atoms with van der Waals surface area (Å²) in [5.41, 5.74) is 1.79. The molecular weight excluding hydrogens is 188 g/mol. The van der Waals surface area contributed by atoms with Gasteiger partial charge in [-0.2, -0.15) is 5.26 Å². The molecule has 0 fully saturated rings. The molecule has 0 aliphatic rings. The topological polar surface area (TPSA) is 56.0 Å². The first-order chi connectivity index (χ1) is 7.13. The van der Waals surface area contributed by atoms with Crippen LogP contribution in [0.5, 0.6) is 0 Å². The predicted octanol–water partition coefficient (Wildman–Crippen LogP) is 1.59. The molecule has 0 radical (unpaired) electrons. The molecular formula is C12H16N2O. The lowest BCUT2D eigenvalue weighted by Gasteiger charge is -2.15. The van der Waals surface area contributed by atoms with Crippen molar-refractivity contribution in [1.29, 1.82) is 5.26 Å². The summed E-state index contributed by atoms with van der Waals surface area (Å²) in [7, 11) is 0. The Balaban J connectivity index is 2.58. The molecule has 1 aromatic carbocycles. The lowest BCUT2D eigenvalue weighted by molar-refractivity contribution is 0.187. The van der Waals surface area contributed by atoms with Gasteiger partial charge in [0.2, 0.25) is 0 Å². The highest BCUT2D eigenvalue weighted by molar-refractivity contribution is 5.32. The van der Waals surface area contributed by atoms with E-state index in [2.05, 4.69) is 11.4 Å². The summed E-state index contributed by atoms with van der Waals surface area (Å²) in [6.45, 7) is 4.35. The standard InChI is InChI=1S/C12H16N2O/c1-9(15)8-14-10(2)12-5-3-11(7-13)4-6-12/h3-6,9-10,14-15H,8H2,1-2H3/t9-,10+/m0/s1. The van der Waals surface area contributed by atoms with Crippen LogP contribution in [-0.4, -0.2) is 17.8 Å². The van der Waals surface area contributed by atoms with E-state index < -0.39 is 0 Å². The Labute approximate surface area is 90.4 Å². The molecule has 1 rings (SSSR count). The van der Waals surface area contributed by atoms with Crippen molar-refractivity contribution in [3.8, 4) is 6.07 Å². The lowest BCUT2D eigenvalue weighted by atomic mass is 10.1. The Morgan fingerprint density at radius 2 is 1.93 bits per heavy atom. The number of hydrogen-bond acceptors (Lipinski definition) is 3. The number of rotatable bonds is 4. The smallest absolute Gasteiger partial charge is 0.0991 e. The summed E-state index contributed by atoms with van der Waals surface area (Å²) in [6, 6.07) is 9.73. The third-order valence-corrected chi connectivity index (χ3v) is 2.26. The molecule has 0 amide bonds. The quantitative estimate of drug-likeness (QED) is 0.783. The van der Waals surface area contributed by atoms with E-state index in [0.717, 1.165) is 5.56 Å². The number of nitrogens with one attached hydrogen (secondary N) is 1. The molecule has 0 heterocycles. The van der Waals surface area contributed by atoms with Gasteiger partial charge in [-0.05, 0) is 31.5 Å². The minimum Gasteiger partial charge on any atom is -0.392 e. The maximum absolute atomic E-state index is 9.12. The largest absolute Gasteiger partial charge is 0.392 e. The van der Waals surface area contributed by atoms with E-state index in [-0.39, 0.29) is 12.1 Å². The summed E-state index contributed by atoms with van der Waals surface area (Å²) in [5.74, 6) is 0. The van der Waals surface area contributed by atoms with E-state index in [1.807, 2.05) is 19.1 Å². The van der Waals surface area contributed by atoms with E-state index in [4.69, 9.17) is 10.4 Å². The minimum atomic E-state index is -0.342. The fraction of sp³-hybridized carbons (Fsp3) is 0.417. The van der Waals surface area contributed by atoms with Crippen LogP contribution in [0.25, 0.3) is 0 Å². The van der Waals surface area contributed by atoms with Crippen LogP contribution in [0.15, 0.2) is 24.3 Å². The average Bonchev–Trinajstić information content (AvgIpc) is 2.26. The molecule has 1 aromatic rings. The lowest BCUT2D eigenvalue weighted by Crippen LogP contribution is -2.27. The van der Waals surface area contributed by atoms with Gasteiger partial charge in [-0.3, -0.25) is 0 Å². The minimum absolute atomic E-state index is 0.187. The van der Waals surface area contributed by atoms with Crippen LogP contribution in [0.1, 0.15) is 31.0 Å². The van der Waals surface area contributed by atoms with Crippen molar-refractivity contribution >= 4 is 0 Å². The zero-order valence-corrected chi connectivity index (χ0v) is 9.07. The summed E-state index contributed by atoms with van der Waals surface area (Å²) >= 11 is 0. The molecule has 80 valence electrons. The summed E-state index contributed by atoms with van der Waals surface area (Å²) in [5, 5.41) is 21.0. The van der Waals surface area contributed by atoms with E-state index >= 15 is 0 Å². The fourth-order valence-corrected chi connectivity index (χ4v) is 1.31. The molecule has 0 spiro atoms. The molecule has 0 bridgehead atoms. The number of nitrogens with zero attached hydrogens (tertiary/aromatic N) is 1. The van der Waals surface area contributed by atoms with Crippen molar-refractivity contribution in [2.75, 3.05) is 6.54 Å². The van der Waals surface area contributed by atoms with Gasteiger partial charge >= 0.3 is 0 Å². The van der Waals surface area contributed by atoms with Gasteiger partial charge in [0, 0.05) is 12.6 Å². The molecule has 0 aromatic heterocycles. The van der Waals surface area contributed by atoms with Crippen molar-refractivity contribution in [3.63, 3.8) is 0 Å². The summed E-state index contributed by atoms with van der Waals surface area (Å²) < 4.78 is 0. The molecule has 2 N–H and O–H groups in total. The highest BCUT2D eigenvalue weighted by Crippen LogP contribution is 2.12. The van der Waals surface area contributed by atoms with Crippen LogP contribution in [0.3, 0.4) is 0 Å². The number of hydrogen-bond donors (Lipinski definition) is 2. The first-order valence-corrected chi connectivity index (χ1v) is 5.05. The van der Waals surface area contributed by atoms with Crippen LogP contribution in [0.2, 0.25) is 0 Å². The van der Waals surface area contributed by atoms with Crippen LogP contribution >= 0.6 is 0 Å². The van der Waals surface area contributed by atoms with Crippen molar-refractivity contribution < 1.29 is 5.11 Å². The number of nitriles is 1. The molecule has 0 saturated carbocycles. The molecule has 2 atom stereocenters. The molecule has 0 saturated heterocycles. The van der Waals surface area contributed by atoms with Crippen LogP contribution in [0, 0.1) is 11.3 Å². The van der Waals surface area contributed by atoms with Gasteiger partial charge in [0.05, 0.1) is 17.7 Å². The van der Waals surface area contributed by atoms with E-state index in [1.165, 1.54) is 0 Å². The molecule has 0 unspecified atom stereocenters. The monoisotopic (exact) mass is 204 g/mol. The fourth-order valence-electron chi connectivity index (χ4n) is 1.31. The van der Waals surface area contributed by atoms with Crippen molar-refractivity contribution in [2.24, 2.45) is 0 Å². The average molecular weight is 204 g/mol. The van der Waals surface area contributed by atoms with E-state index in [1.54, 1.807) is 19.1 Å². The normalized spacial score (nSPS) is 14.3. The third kappa shape index (κ3) is 3.70. The third-order valence-electron chi connectivity index (χ3n) is 2.26. The van der Waals surface area contributed by atoms with Crippen molar-refractivity contribution in [1.82, 2.24) is 5.32 Å². The molecule has 0 aliphatic carbocycles. The second kappa shape index (κ2) is 5.50. The van der Waals surface area contributed by atoms with Gasteiger partial charge in [0.25, 0.3) is 0 Å². The van der Waals surface area contributed by atoms with E-state index in [0.29, 0.717) is 12.1 Å². The van der Waals surface area contributed by atoms with Crippen LogP contribution in [-0.2, 0) is 0 Å². The maximum atomic E-state index is 9.12. The second-order valence-electron chi connectivity index (χ2n) is 3.71. The molecule has 15 heavy (non-hydrogen) atoms. The van der Waals surface area contributed by atoms with Gasteiger partial charge in [-0.15, -0.1) is 0 Å². The number of benzene rings is 1. The van der Waals surface area contributed by atoms with Gasteiger partial charge in [0.15, 0.2) is 0 Å². The van der Waals surface area contributed by atoms with Gasteiger partial charge < -0.3 is 10.4 Å². The Kier molecular flexibility index (Phi) is 4.29. The van der Waals surface area contributed by atoms with Gasteiger partial charge in [-0.1, -0.05) is 12.1 Å². The maximum Gasteiger partial charge on any atom is 0.0991 e. The van der Waals surface area contributed by atoms with Gasteiger partial charge in [0.1, 0.15) is 0 Å².